The minimum Gasteiger partial charge on any atom is -0.496 e. The zero-order valence-electron chi connectivity index (χ0n) is 23.0. The molecule has 4 aromatic rings. The smallest absolute Gasteiger partial charge is 0.266 e. The van der Waals surface area contributed by atoms with Gasteiger partial charge in [-0.05, 0) is 86.7 Å². The van der Waals surface area contributed by atoms with Crippen LogP contribution in [0.3, 0.4) is 0 Å². The van der Waals surface area contributed by atoms with E-state index in [4.69, 9.17) is 22.1 Å². The predicted molar refractivity (Wildman–Crippen MR) is 163 cm³/mol. The van der Waals surface area contributed by atoms with Gasteiger partial charge in [-0.25, -0.2) is 0 Å². The van der Waals surface area contributed by atoms with Crippen LogP contribution in [0, 0.1) is 6.92 Å². The van der Waals surface area contributed by atoms with Crippen LogP contribution in [0.25, 0.3) is 21.2 Å². The number of primary amides is 1. The molecule has 0 radical (unpaired) electrons. The molecule has 1 heterocycles. The number of methoxy groups -OCH3 is 1. The molecule has 40 heavy (non-hydrogen) atoms. The van der Waals surface area contributed by atoms with Crippen LogP contribution in [0.5, 0.6) is 5.75 Å². The Kier molecular flexibility index (Phi) is 8.45. The highest BCUT2D eigenvalue weighted by Gasteiger charge is 2.32. The molecule has 0 spiro atoms. The van der Waals surface area contributed by atoms with Crippen molar-refractivity contribution >= 4 is 44.8 Å². The highest BCUT2D eigenvalue weighted by molar-refractivity contribution is 7.21. The number of hydrogen-bond donors (Lipinski definition) is 2. The number of rotatable bonds is 8. The topological polar surface area (TPSA) is 84.7 Å². The Balaban J connectivity index is 1.53. The molecule has 0 aliphatic heterocycles. The lowest BCUT2D eigenvalue weighted by Crippen LogP contribution is -2.44. The highest BCUT2D eigenvalue weighted by Crippen LogP contribution is 2.40. The Morgan fingerprint density at radius 3 is 2.38 bits per heavy atom. The molecule has 1 aliphatic carbocycles. The number of carbonyl (C=O) groups is 2. The molecule has 1 aromatic heterocycles. The second-order valence-corrected chi connectivity index (χ2v) is 11.8. The number of nitrogens with zero attached hydrogens (tertiary/aromatic N) is 1. The third kappa shape index (κ3) is 5.59. The molecule has 3 aromatic carbocycles. The number of thiophene rings is 1. The first kappa shape index (κ1) is 28.1. The quantitative estimate of drug-likeness (QED) is 0.242. The molecule has 0 unspecified atom stereocenters. The summed E-state index contributed by atoms with van der Waals surface area (Å²) in [5.74, 6) is 0.216. The number of hydrogen-bond acceptors (Lipinski definition) is 5. The van der Waals surface area contributed by atoms with Gasteiger partial charge >= 0.3 is 0 Å². The van der Waals surface area contributed by atoms with Crippen molar-refractivity contribution in [1.82, 2.24) is 10.2 Å². The molecular weight excluding hydrogens is 542 g/mol. The number of carbonyl (C=O) groups excluding carboxylic acids is 2. The number of amides is 2. The van der Waals surface area contributed by atoms with E-state index in [1.165, 1.54) is 11.3 Å². The van der Waals surface area contributed by atoms with Crippen LogP contribution in [-0.2, 0) is 6.54 Å². The predicted octanol–water partition coefficient (Wildman–Crippen LogP) is 6.81. The maximum Gasteiger partial charge on any atom is 0.266 e. The van der Waals surface area contributed by atoms with E-state index in [-0.39, 0.29) is 11.9 Å². The average Bonchev–Trinajstić information content (AvgIpc) is 3.32. The maximum atomic E-state index is 14.3. The molecule has 1 aliphatic rings. The SMILES string of the molecule is CNC1CCC(N(Cc2cc(-c3ccc(C(N)=O)cc3)ccc2OC)C(=O)c2sc3cccc(C)c3c2Cl)CC1. The summed E-state index contributed by atoms with van der Waals surface area (Å²) in [6, 6.07) is 19.8. The van der Waals surface area contributed by atoms with E-state index in [9.17, 15) is 9.59 Å². The molecule has 5 rings (SSSR count). The molecule has 0 atom stereocenters. The lowest BCUT2D eigenvalue weighted by Gasteiger charge is -2.37. The molecule has 208 valence electrons. The maximum absolute atomic E-state index is 14.3. The molecular formula is C32H34ClN3O3S. The summed E-state index contributed by atoms with van der Waals surface area (Å²) >= 11 is 8.35. The summed E-state index contributed by atoms with van der Waals surface area (Å²) in [5.41, 5.74) is 9.78. The first-order chi connectivity index (χ1) is 19.3. The van der Waals surface area contributed by atoms with Crippen molar-refractivity contribution in [2.45, 2.75) is 51.2 Å². The van der Waals surface area contributed by atoms with Crippen LogP contribution in [0.15, 0.2) is 60.7 Å². The fourth-order valence-corrected chi connectivity index (χ4v) is 7.31. The minimum absolute atomic E-state index is 0.0447. The molecule has 6 nitrogen and oxygen atoms in total. The van der Waals surface area contributed by atoms with Crippen molar-refractivity contribution in [2.24, 2.45) is 5.73 Å². The first-order valence-corrected chi connectivity index (χ1v) is 14.7. The molecule has 0 saturated heterocycles. The summed E-state index contributed by atoms with van der Waals surface area (Å²) in [5, 5.41) is 4.88. The summed E-state index contributed by atoms with van der Waals surface area (Å²) in [7, 11) is 3.65. The minimum atomic E-state index is -0.459. The van der Waals surface area contributed by atoms with E-state index in [0.29, 0.717) is 28.0 Å². The Bertz CT molecular complexity index is 1540. The van der Waals surface area contributed by atoms with Gasteiger partial charge in [-0.3, -0.25) is 9.59 Å². The van der Waals surface area contributed by atoms with Gasteiger partial charge in [0.05, 0.1) is 12.1 Å². The van der Waals surface area contributed by atoms with Gasteiger partial charge < -0.3 is 20.7 Å². The van der Waals surface area contributed by atoms with E-state index in [0.717, 1.165) is 63.8 Å². The van der Waals surface area contributed by atoms with Gasteiger partial charge in [0.2, 0.25) is 5.91 Å². The van der Waals surface area contributed by atoms with E-state index in [1.54, 1.807) is 19.2 Å². The molecule has 8 heteroatoms. The normalized spacial score (nSPS) is 17.1. The van der Waals surface area contributed by atoms with E-state index in [2.05, 4.69) is 11.4 Å². The lowest BCUT2D eigenvalue weighted by molar-refractivity contribution is 0.0604. The fourth-order valence-electron chi connectivity index (χ4n) is 5.68. The third-order valence-corrected chi connectivity index (χ3v) is 9.62. The van der Waals surface area contributed by atoms with Crippen LogP contribution < -0.4 is 15.8 Å². The van der Waals surface area contributed by atoms with Crippen molar-refractivity contribution < 1.29 is 14.3 Å². The second-order valence-electron chi connectivity index (χ2n) is 10.4. The number of nitrogens with one attached hydrogen (secondary N) is 1. The molecule has 0 bridgehead atoms. The largest absolute Gasteiger partial charge is 0.496 e. The van der Waals surface area contributed by atoms with Gasteiger partial charge in [0, 0.05) is 39.8 Å². The van der Waals surface area contributed by atoms with E-state index >= 15 is 0 Å². The van der Waals surface area contributed by atoms with Gasteiger partial charge in [-0.1, -0.05) is 41.9 Å². The second kappa shape index (κ2) is 12.0. The van der Waals surface area contributed by atoms with Crippen molar-refractivity contribution in [3.05, 3.63) is 87.3 Å². The lowest BCUT2D eigenvalue weighted by atomic mass is 9.89. The van der Waals surface area contributed by atoms with Gasteiger partial charge in [0.25, 0.3) is 5.91 Å². The summed E-state index contributed by atoms with van der Waals surface area (Å²) in [4.78, 5) is 28.4. The molecule has 1 saturated carbocycles. The van der Waals surface area contributed by atoms with Gasteiger partial charge in [0.15, 0.2) is 0 Å². The van der Waals surface area contributed by atoms with Crippen molar-refractivity contribution in [3.8, 4) is 16.9 Å². The monoisotopic (exact) mass is 575 g/mol. The standard InChI is InChI=1S/C32H34ClN3O3S/c1-19-5-4-6-27-28(19)29(33)30(40-27)32(38)36(25-14-12-24(35-2)13-15-25)18-23-17-22(11-16-26(23)39-3)20-7-9-21(10-8-20)31(34)37/h4-11,16-17,24-25,35H,12-15,18H2,1-3H3,(H2,34,37). The van der Waals surface area contributed by atoms with Crippen LogP contribution in [0.1, 0.15) is 56.8 Å². The number of benzene rings is 3. The van der Waals surface area contributed by atoms with Crippen molar-refractivity contribution in [3.63, 3.8) is 0 Å². The third-order valence-electron chi connectivity index (χ3n) is 7.99. The summed E-state index contributed by atoms with van der Waals surface area (Å²) in [6.45, 7) is 2.42. The van der Waals surface area contributed by atoms with Gasteiger partial charge in [-0.2, -0.15) is 0 Å². The van der Waals surface area contributed by atoms with Crippen LogP contribution in [0.4, 0.5) is 0 Å². The summed E-state index contributed by atoms with van der Waals surface area (Å²) < 4.78 is 6.77. The number of fused-ring (bicyclic) bond motifs is 1. The van der Waals surface area contributed by atoms with Crippen molar-refractivity contribution in [1.29, 1.82) is 0 Å². The van der Waals surface area contributed by atoms with E-state index in [1.807, 2.05) is 61.3 Å². The fraction of sp³-hybridized carbons (Fsp3) is 0.312. The van der Waals surface area contributed by atoms with Crippen LogP contribution >= 0.6 is 22.9 Å². The van der Waals surface area contributed by atoms with Crippen LogP contribution in [-0.4, -0.2) is 43.0 Å². The van der Waals surface area contributed by atoms with Gasteiger partial charge in [0.1, 0.15) is 10.6 Å². The zero-order chi connectivity index (χ0) is 28.4. The molecule has 2 amide bonds. The zero-order valence-corrected chi connectivity index (χ0v) is 24.6. The number of ether oxygens (including phenoxy) is 1. The Labute approximate surface area is 244 Å². The Morgan fingerprint density at radius 2 is 1.75 bits per heavy atom. The average molecular weight is 576 g/mol. The number of halogens is 1. The molecule has 3 N–H and O–H groups in total. The number of nitrogens with two attached hydrogens (primary N) is 1. The van der Waals surface area contributed by atoms with Gasteiger partial charge in [-0.15, -0.1) is 11.3 Å². The Morgan fingerprint density at radius 1 is 1.05 bits per heavy atom. The van der Waals surface area contributed by atoms with Crippen LogP contribution in [0.2, 0.25) is 5.02 Å². The molecule has 1 fully saturated rings. The van der Waals surface area contributed by atoms with Crippen molar-refractivity contribution in [2.75, 3.05) is 14.2 Å². The summed E-state index contributed by atoms with van der Waals surface area (Å²) in [6.07, 6.45) is 3.84. The highest BCUT2D eigenvalue weighted by atomic mass is 35.5. The first-order valence-electron chi connectivity index (χ1n) is 13.5. The number of aryl methyl sites for hydroxylation is 1. The van der Waals surface area contributed by atoms with E-state index < -0.39 is 5.91 Å². The Hall–Kier alpha value is -3.39.